The Hall–Kier alpha value is -1.78. The first-order chi connectivity index (χ1) is 9.22. The second kappa shape index (κ2) is 5.07. The number of para-hydroxylation sites is 1. The van der Waals surface area contributed by atoms with Crippen LogP contribution in [-0.2, 0) is 6.61 Å². The van der Waals surface area contributed by atoms with E-state index >= 15 is 0 Å². The van der Waals surface area contributed by atoms with Crippen LogP contribution in [0.2, 0.25) is 10.0 Å². The van der Waals surface area contributed by atoms with Gasteiger partial charge in [-0.1, -0.05) is 35.3 Å². The number of benzene rings is 1. The van der Waals surface area contributed by atoms with Crippen LogP contribution in [0.3, 0.4) is 0 Å². The van der Waals surface area contributed by atoms with Gasteiger partial charge >= 0.3 is 0 Å². The zero-order valence-electron chi connectivity index (χ0n) is 9.75. The quantitative estimate of drug-likeness (QED) is 0.740. The third-order valence-electron chi connectivity index (χ3n) is 2.53. The van der Waals surface area contributed by atoms with Crippen molar-refractivity contribution >= 4 is 28.8 Å². The van der Waals surface area contributed by atoms with Crippen LogP contribution < -0.4 is 4.74 Å². The maximum absolute atomic E-state index is 6.00. The summed E-state index contributed by atoms with van der Waals surface area (Å²) < 4.78 is 7.20. The third kappa shape index (κ3) is 2.64. The number of pyridine rings is 1. The summed E-state index contributed by atoms with van der Waals surface area (Å²) in [6.45, 7) is 0.253. The Morgan fingerprint density at radius 2 is 1.95 bits per heavy atom. The minimum atomic E-state index is 0.253. The highest BCUT2D eigenvalue weighted by Gasteiger charge is 2.06. The molecule has 0 N–H and O–H groups in total. The standard InChI is InChI=1S/C13H9Cl2N3O/c14-9-5-6-13-16-12(17-18(13)7-9)8-19-11-4-2-1-3-10(11)15/h1-7H,8H2. The van der Waals surface area contributed by atoms with Crippen molar-refractivity contribution in [2.75, 3.05) is 0 Å². The number of fused-ring (bicyclic) bond motifs is 1. The molecule has 6 heteroatoms. The van der Waals surface area contributed by atoms with Crippen LogP contribution in [0.15, 0.2) is 42.6 Å². The Morgan fingerprint density at radius 3 is 2.79 bits per heavy atom. The van der Waals surface area contributed by atoms with Crippen LogP contribution in [0.25, 0.3) is 5.65 Å². The molecule has 0 aliphatic carbocycles. The Balaban J connectivity index is 1.80. The first-order valence-corrected chi connectivity index (χ1v) is 6.36. The van der Waals surface area contributed by atoms with Crippen LogP contribution in [0.5, 0.6) is 5.75 Å². The molecule has 0 amide bonds. The van der Waals surface area contributed by atoms with Crippen molar-refractivity contribution in [1.29, 1.82) is 0 Å². The molecule has 0 bridgehead atoms. The zero-order chi connectivity index (χ0) is 13.2. The minimum absolute atomic E-state index is 0.253. The number of rotatable bonds is 3. The van der Waals surface area contributed by atoms with Crippen LogP contribution in [0.1, 0.15) is 5.82 Å². The molecule has 0 spiro atoms. The molecule has 0 unspecified atom stereocenters. The van der Waals surface area contributed by atoms with E-state index in [0.717, 1.165) is 5.65 Å². The zero-order valence-corrected chi connectivity index (χ0v) is 11.3. The van der Waals surface area contributed by atoms with Gasteiger partial charge in [0.2, 0.25) is 0 Å². The van der Waals surface area contributed by atoms with Gasteiger partial charge in [-0.2, -0.15) is 0 Å². The number of hydrogen-bond acceptors (Lipinski definition) is 3. The van der Waals surface area contributed by atoms with Gasteiger partial charge in [-0.25, -0.2) is 9.50 Å². The molecule has 0 atom stereocenters. The average Bonchev–Trinajstić information content (AvgIpc) is 2.79. The van der Waals surface area contributed by atoms with E-state index in [0.29, 0.717) is 21.6 Å². The van der Waals surface area contributed by atoms with Crippen molar-refractivity contribution in [1.82, 2.24) is 14.6 Å². The van der Waals surface area contributed by atoms with Crippen LogP contribution >= 0.6 is 23.2 Å². The number of hydrogen-bond donors (Lipinski definition) is 0. The molecule has 1 aromatic carbocycles. The monoisotopic (exact) mass is 293 g/mol. The van der Waals surface area contributed by atoms with Crippen LogP contribution in [-0.4, -0.2) is 14.6 Å². The van der Waals surface area contributed by atoms with E-state index in [4.69, 9.17) is 27.9 Å². The Kier molecular flexibility index (Phi) is 3.27. The summed E-state index contributed by atoms with van der Waals surface area (Å²) in [7, 11) is 0. The Bertz CT molecular complexity index is 727. The smallest absolute Gasteiger partial charge is 0.189 e. The highest BCUT2D eigenvalue weighted by atomic mass is 35.5. The second-order valence-corrected chi connectivity index (χ2v) is 4.74. The molecule has 0 aliphatic heterocycles. The predicted octanol–water partition coefficient (Wildman–Crippen LogP) is 3.62. The van der Waals surface area contributed by atoms with Gasteiger partial charge in [0, 0.05) is 6.20 Å². The summed E-state index contributed by atoms with van der Waals surface area (Å²) in [5.41, 5.74) is 0.724. The first-order valence-electron chi connectivity index (χ1n) is 5.60. The summed E-state index contributed by atoms with van der Waals surface area (Å²) in [4.78, 5) is 4.32. The van der Waals surface area contributed by atoms with Gasteiger partial charge in [-0.3, -0.25) is 0 Å². The fourth-order valence-electron chi connectivity index (χ4n) is 1.67. The molecule has 0 aliphatic rings. The van der Waals surface area contributed by atoms with E-state index in [1.807, 2.05) is 12.1 Å². The van der Waals surface area contributed by atoms with Gasteiger partial charge in [-0.15, -0.1) is 5.10 Å². The maximum Gasteiger partial charge on any atom is 0.189 e. The van der Waals surface area contributed by atoms with Crippen molar-refractivity contribution in [2.45, 2.75) is 6.61 Å². The van der Waals surface area contributed by atoms with E-state index in [2.05, 4.69) is 10.1 Å². The number of nitrogens with zero attached hydrogens (tertiary/aromatic N) is 3. The van der Waals surface area contributed by atoms with E-state index < -0.39 is 0 Å². The van der Waals surface area contributed by atoms with Crippen molar-refractivity contribution in [2.24, 2.45) is 0 Å². The van der Waals surface area contributed by atoms with Gasteiger partial charge in [0.1, 0.15) is 12.4 Å². The minimum Gasteiger partial charge on any atom is -0.484 e. The molecule has 0 saturated carbocycles. The van der Waals surface area contributed by atoms with E-state index in [1.165, 1.54) is 0 Å². The summed E-state index contributed by atoms with van der Waals surface area (Å²) in [6.07, 6.45) is 1.70. The van der Waals surface area contributed by atoms with E-state index in [1.54, 1.807) is 35.0 Å². The summed E-state index contributed by atoms with van der Waals surface area (Å²) in [6, 6.07) is 10.8. The molecule has 2 aromatic heterocycles. The average molecular weight is 294 g/mol. The SMILES string of the molecule is Clc1ccc2nc(COc3ccccc3Cl)nn2c1. The second-order valence-electron chi connectivity index (χ2n) is 3.90. The van der Waals surface area contributed by atoms with Crippen LogP contribution in [0, 0.1) is 0 Å². The van der Waals surface area contributed by atoms with Gasteiger partial charge in [-0.05, 0) is 24.3 Å². The Morgan fingerprint density at radius 1 is 1.11 bits per heavy atom. The molecule has 0 saturated heterocycles. The maximum atomic E-state index is 6.00. The van der Waals surface area contributed by atoms with Crippen molar-refractivity contribution < 1.29 is 4.74 Å². The molecule has 0 fully saturated rings. The van der Waals surface area contributed by atoms with Gasteiger partial charge in [0.15, 0.2) is 11.5 Å². The molecule has 3 aromatic rings. The number of halogens is 2. The first kappa shape index (κ1) is 12.3. The summed E-state index contributed by atoms with van der Waals surface area (Å²) >= 11 is 11.9. The molecule has 4 nitrogen and oxygen atoms in total. The van der Waals surface area contributed by atoms with Crippen LogP contribution in [0.4, 0.5) is 0 Å². The third-order valence-corrected chi connectivity index (χ3v) is 3.07. The predicted molar refractivity (Wildman–Crippen MR) is 73.8 cm³/mol. The Labute approximate surface area is 119 Å². The van der Waals surface area contributed by atoms with Crippen molar-refractivity contribution in [3.8, 4) is 5.75 Å². The normalized spacial score (nSPS) is 10.8. The lowest BCUT2D eigenvalue weighted by Gasteiger charge is -2.04. The topological polar surface area (TPSA) is 39.4 Å². The lowest BCUT2D eigenvalue weighted by molar-refractivity contribution is 0.296. The molecular formula is C13H9Cl2N3O. The molecule has 96 valence electrons. The highest BCUT2D eigenvalue weighted by Crippen LogP contribution is 2.23. The molecule has 19 heavy (non-hydrogen) atoms. The molecular weight excluding hydrogens is 285 g/mol. The fourth-order valence-corrected chi connectivity index (χ4v) is 2.01. The number of aromatic nitrogens is 3. The molecule has 2 heterocycles. The highest BCUT2D eigenvalue weighted by molar-refractivity contribution is 6.32. The largest absolute Gasteiger partial charge is 0.484 e. The lowest BCUT2D eigenvalue weighted by atomic mass is 10.3. The van der Waals surface area contributed by atoms with E-state index in [-0.39, 0.29) is 6.61 Å². The summed E-state index contributed by atoms with van der Waals surface area (Å²) in [5, 5.41) is 5.44. The van der Waals surface area contributed by atoms with Gasteiger partial charge in [0.25, 0.3) is 0 Å². The molecule has 0 radical (unpaired) electrons. The summed E-state index contributed by atoms with van der Waals surface area (Å²) in [5.74, 6) is 1.18. The lowest BCUT2D eigenvalue weighted by Crippen LogP contribution is -1.98. The van der Waals surface area contributed by atoms with E-state index in [9.17, 15) is 0 Å². The van der Waals surface area contributed by atoms with Gasteiger partial charge < -0.3 is 4.74 Å². The fraction of sp³-hybridized carbons (Fsp3) is 0.0769. The van der Waals surface area contributed by atoms with Crippen molar-refractivity contribution in [3.05, 3.63) is 58.5 Å². The molecule has 3 rings (SSSR count). The van der Waals surface area contributed by atoms with Crippen molar-refractivity contribution in [3.63, 3.8) is 0 Å². The van der Waals surface area contributed by atoms with Gasteiger partial charge in [0.05, 0.1) is 10.0 Å². The number of ether oxygens (including phenoxy) is 1.